The molecule has 4 nitrogen and oxygen atoms in total. The molecule has 0 spiro atoms. The van der Waals surface area contributed by atoms with Gasteiger partial charge < -0.3 is 10.1 Å². The number of benzene rings is 1. The molecule has 1 aromatic carbocycles. The summed E-state index contributed by atoms with van der Waals surface area (Å²) in [6.07, 6.45) is 1.36. The summed E-state index contributed by atoms with van der Waals surface area (Å²) in [6, 6.07) is 6.98. The Balaban J connectivity index is 2.53. The second-order valence-electron chi connectivity index (χ2n) is 3.79. The van der Waals surface area contributed by atoms with Crippen molar-refractivity contribution in [1.82, 2.24) is 0 Å². The van der Waals surface area contributed by atoms with Crippen molar-refractivity contribution in [3.05, 3.63) is 24.3 Å². The first-order valence-electron chi connectivity index (χ1n) is 5.64. The molecule has 0 fully saturated rings. The van der Waals surface area contributed by atoms with E-state index in [-0.39, 0.29) is 18.3 Å². The molecule has 1 amide bonds. The lowest BCUT2D eigenvalue weighted by Gasteiger charge is -2.07. The molecule has 0 bridgehead atoms. The third-order valence-electron chi connectivity index (χ3n) is 2.08. The molecule has 1 aromatic rings. The van der Waals surface area contributed by atoms with Gasteiger partial charge in [-0.3, -0.25) is 9.59 Å². The molecule has 17 heavy (non-hydrogen) atoms. The summed E-state index contributed by atoms with van der Waals surface area (Å²) in [5.74, 6) is 0.530. The SMILES string of the molecule is CCCC(=O)COc1cccc(NC(C)=O)c1. The fourth-order valence-corrected chi connectivity index (χ4v) is 1.38. The third-order valence-corrected chi connectivity index (χ3v) is 2.08. The smallest absolute Gasteiger partial charge is 0.221 e. The van der Waals surface area contributed by atoms with Crippen molar-refractivity contribution >= 4 is 17.4 Å². The van der Waals surface area contributed by atoms with Crippen molar-refractivity contribution < 1.29 is 14.3 Å². The Labute approximate surface area is 101 Å². The van der Waals surface area contributed by atoms with Crippen molar-refractivity contribution in [2.45, 2.75) is 26.7 Å². The van der Waals surface area contributed by atoms with Crippen LogP contribution in [0.4, 0.5) is 5.69 Å². The molecule has 92 valence electrons. The van der Waals surface area contributed by atoms with E-state index in [1.807, 2.05) is 6.92 Å². The summed E-state index contributed by atoms with van der Waals surface area (Å²) < 4.78 is 5.34. The molecule has 0 saturated carbocycles. The van der Waals surface area contributed by atoms with E-state index in [2.05, 4.69) is 5.32 Å². The van der Waals surface area contributed by atoms with Crippen LogP contribution >= 0.6 is 0 Å². The summed E-state index contributed by atoms with van der Waals surface area (Å²) in [5, 5.41) is 2.65. The highest BCUT2D eigenvalue weighted by Crippen LogP contribution is 2.17. The number of ether oxygens (including phenoxy) is 1. The summed E-state index contributed by atoms with van der Waals surface area (Å²) in [4.78, 5) is 22.2. The predicted molar refractivity (Wildman–Crippen MR) is 66.2 cm³/mol. The molecular weight excluding hydrogens is 218 g/mol. The van der Waals surface area contributed by atoms with Gasteiger partial charge in [-0.05, 0) is 18.6 Å². The van der Waals surface area contributed by atoms with Gasteiger partial charge in [0.25, 0.3) is 0 Å². The minimum atomic E-state index is -0.135. The van der Waals surface area contributed by atoms with Gasteiger partial charge in [0.05, 0.1) is 0 Å². The first kappa shape index (κ1) is 13.2. The number of hydrogen-bond donors (Lipinski definition) is 1. The van der Waals surface area contributed by atoms with Gasteiger partial charge in [0.1, 0.15) is 12.4 Å². The van der Waals surface area contributed by atoms with E-state index < -0.39 is 0 Å². The molecule has 0 unspecified atom stereocenters. The largest absolute Gasteiger partial charge is 0.486 e. The highest BCUT2D eigenvalue weighted by Gasteiger charge is 2.03. The number of anilines is 1. The van der Waals surface area contributed by atoms with E-state index >= 15 is 0 Å². The Bertz CT molecular complexity index is 401. The van der Waals surface area contributed by atoms with E-state index in [0.717, 1.165) is 6.42 Å². The molecule has 1 rings (SSSR count). The van der Waals surface area contributed by atoms with Crippen LogP contribution in [0.5, 0.6) is 5.75 Å². The summed E-state index contributed by atoms with van der Waals surface area (Å²) in [5.41, 5.74) is 0.665. The van der Waals surface area contributed by atoms with Crippen LogP contribution in [0.2, 0.25) is 0 Å². The van der Waals surface area contributed by atoms with Crippen molar-refractivity contribution in [2.75, 3.05) is 11.9 Å². The Morgan fingerprint density at radius 2 is 2.12 bits per heavy atom. The van der Waals surface area contributed by atoms with Crippen LogP contribution in [0.15, 0.2) is 24.3 Å². The molecule has 0 aliphatic heterocycles. The van der Waals surface area contributed by atoms with Crippen LogP contribution in [0.3, 0.4) is 0 Å². The van der Waals surface area contributed by atoms with Crippen LogP contribution in [0.25, 0.3) is 0 Å². The number of nitrogens with one attached hydrogen (secondary N) is 1. The standard InChI is InChI=1S/C13H17NO3/c1-3-5-12(16)9-17-13-7-4-6-11(8-13)14-10(2)15/h4,6-8H,3,5,9H2,1-2H3,(H,14,15). The maximum absolute atomic E-state index is 11.3. The molecular formula is C13H17NO3. The van der Waals surface area contributed by atoms with Crippen LogP contribution in [0, 0.1) is 0 Å². The first-order chi connectivity index (χ1) is 8.11. The quantitative estimate of drug-likeness (QED) is 0.823. The minimum Gasteiger partial charge on any atom is -0.486 e. The van der Waals surface area contributed by atoms with Crippen LogP contribution in [0.1, 0.15) is 26.7 Å². The van der Waals surface area contributed by atoms with Crippen molar-refractivity contribution in [3.63, 3.8) is 0 Å². The van der Waals surface area contributed by atoms with Gasteiger partial charge in [-0.25, -0.2) is 0 Å². The fraction of sp³-hybridized carbons (Fsp3) is 0.385. The van der Waals surface area contributed by atoms with Gasteiger partial charge in [0.15, 0.2) is 5.78 Å². The number of rotatable bonds is 6. The van der Waals surface area contributed by atoms with Gasteiger partial charge in [0, 0.05) is 25.1 Å². The molecule has 0 atom stereocenters. The molecule has 0 radical (unpaired) electrons. The van der Waals surface area contributed by atoms with Crippen LogP contribution in [-0.4, -0.2) is 18.3 Å². The minimum absolute atomic E-state index is 0.0807. The topological polar surface area (TPSA) is 55.4 Å². The summed E-state index contributed by atoms with van der Waals surface area (Å²) in [6.45, 7) is 3.48. The Hall–Kier alpha value is -1.84. The van der Waals surface area contributed by atoms with Crippen LogP contribution < -0.4 is 10.1 Å². The van der Waals surface area contributed by atoms with Crippen molar-refractivity contribution in [2.24, 2.45) is 0 Å². The molecule has 0 heterocycles. The van der Waals surface area contributed by atoms with Gasteiger partial charge in [-0.15, -0.1) is 0 Å². The van der Waals surface area contributed by atoms with E-state index in [0.29, 0.717) is 17.9 Å². The van der Waals surface area contributed by atoms with Crippen LogP contribution in [-0.2, 0) is 9.59 Å². The van der Waals surface area contributed by atoms with Gasteiger partial charge >= 0.3 is 0 Å². The zero-order chi connectivity index (χ0) is 12.7. The van der Waals surface area contributed by atoms with Crippen molar-refractivity contribution in [3.8, 4) is 5.75 Å². The highest BCUT2D eigenvalue weighted by molar-refractivity contribution is 5.88. The van der Waals surface area contributed by atoms with Gasteiger partial charge in [0.2, 0.25) is 5.91 Å². The highest BCUT2D eigenvalue weighted by atomic mass is 16.5. The van der Waals surface area contributed by atoms with Crippen molar-refractivity contribution in [1.29, 1.82) is 0 Å². The second-order valence-corrected chi connectivity index (χ2v) is 3.79. The summed E-state index contributed by atoms with van der Waals surface area (Å²) >= 11 is 0. The molecule has 0 aromatic heterocycles. The average molecular weight is 235 g/mol. The van der Waals surface area contributed by atoms with E-state index in [4.69, 9.17) is 4.74 Å². The molecule has 1 N–H and O–H groups in total. The molecule has 0 saturated heterocycles. The van der Waals surface area contributed by atoms with Gasteiger partial charge in [-0.1, -0.05) is 13.0 Å². The maximum Gasteiger partial charge on any atom is 0.221 e. The number of carbonyl (C=O) groups is 2. The zero-order valence-corrected chi connectivity index (χ0v) is 10.2. The lowest BCUT2D eigenvalue weighted by molar-refractivity contribution is -0.121. The molecule has 4 heteroatoms. The Kier molecular flexibility index (Phi) is 5.20. The predicted octanol–water partition coefficient (Wildman–Crippen LogP) is 2.39. The van der Waals surface area contributed by atoms with E-state index in [1.54, 1.807) is 24.3 Å². The normalized spacial score (nSPS) is 9.76. The lowest BCUT2D eigenvalue weighted by Crippen LogP contribution is -2.11. The molecule has 0 aliphatic carbocycles. The Morgan fingerprint density at radius 1 is 1.35 bits per heavy atom. The summed E-state index contributed by atoms with van der Waals surface area (Å²) in [7, 11) is 0. The fourth-order valence-electron chi connectivity index (χ4n) is 1.38. The van der Waals surface area contributed by atoms with Gasteiger partial charge in [-0.2, -0.15) is 0 Å². The van der Waals surface area contributed by atoms with E-state index in [9.17, 15) is 9.59 Å². The number of Topliss-reactive ketones (excluding diaryl/α,β-unsaturated/α-hetero) is 1. The average Bonchev–Trinajstić information content (AvgIpc) is 2.26. The maximum atomic E-state index is 11.3. The molecule has 0 aliphatic rings. The first-order valence-corrected chi connectivity index (χ1v) is 5.64. The third kappa shape index (κ3) is 5.15. The lowest BCUT2D eigenvalue weighted by atomic mass is 10.2. The Morgan fingerprint density at radius 3 is 2.76 bits per heavy atom. The number of hydrogen-bond acceptors (Lipinski definition) is 3. The monoisotopic (exact) mass is 235 g/mol. The van der Waals surface area contributed by atoms with E-state index in [1.165, 1.54) is 6.92 Å². The second kappa shape index (κ2) is 6.68. The number of amides is 1. The number of carbonyl (C=O) groups excluding carboxylic acids is 2. The number of ketones is 1. The zero-order valence-electron chi connectivity index (χ0n) is 10.2.